The van der Waals surface area contributed by atoms with Gasteiger partial charge in [0.05, 0.1) is 11.4 Å². The van der Waals surface area contributed by atoms with Crippen LogP contribution < -0.4 is 0 Å². The lowest BCUT2D eigenvalue weighted by Gasteiger charge is -2.02. The molecule has 0 unspecified atom stereocenters. The molecular weight excluding hydrogens is 350 g/mol. The largest absolute Gasteiger partial charge is 0.279 e. The molecule has 7 heteroatoms. The van der Waals surface area contributed by atoms with Gasteiger partial charge in [0.1, 0.15) is 15.2 Å². The summed E-state index contributed by atoms with van der Waals surface area (Å²) in [6.45, 7) is 3.90. The molecule has 118 valence electrons. The molecule has 2 aromatic rings. The number of para-hydroxylation sites is 1. The first-order valence-corrected chi connectivity index (χ1v) is 9.24. The van der Waals surface area contributed by atoms with Crippen LogP contribution in [-0.4, -0.2) is 25.0 Å². The van der Waals surface area contributed by atoms with E-state index in [1.165, 1.54) is 11.8 Å². The van der Waals surface area contributed by atoms with E-state index in [-0.39, 0.29) is 5.12 Å². The number of thioether (sulfide) groups is 2. The van der Waals surface area contributed by atoms with Gasteiger partial charge < -0.3 is 0 Å². The lowest BCUT2D eigenvalue weighted by Crippen LogP contribution is -1.95. The quantitative estimate of drug-likeness (QED) is 0.750. The zero-order valence-corrected chi connectivity index (χ0v) is 15.0. The van der Waals surface area contributed by atoms with E-state index in [9.17, 15) is 4.79 Å². The Bertz CT molecular complexity index is 812. The molecule has 0 saturated heterocycles. The van der Waals surface area contributed by atoms with Crippen molar-refractivity contribution in [2.45, 2.75) is 13.8 Å². The molecule has 1 aromatic heterocycles. The van der Waals surface area contributed by atoms with Crippen LogP contribution in [0.4, 0.5) is 0 Å². The van der Waals surface area contributed by atoms with Gasteiger partial charge in [0.25, 0.3) is 0 Å². The molecule has 0 amide bonds. The Morgan fingerprint density at radius 2 is 2.09 bits per heavy atom. The minimum Gasteiger partial charge on any atom is -0.279 e. The fourth-order valence-electron chi connectivity index (χ4n) is 2.13. The number of carbonyl (C=O) groups excluding carboxylic acids is 1. The molecule has 2 heterocycles. The van der Waals surface area contributed by atoms with Gasteiger partial charge in [0.2, 0.25) is 5.12 Å². The Morgan fingerprint density at radius 3 is 2.78 bits per heavy atom. The monoisotopic (exact) mass is 363 g/mol. The van der Waals surface area contributed by atoms with Gasteiger partial charge >= 0.3 is 0 Å². The number of halogens is 1. The molecule has 0 fully saturated rings. The van der Waals surface area contributed by atoms with Crippen LogP contribution in [0.15, 0.2) is 41.0 Å². The third-order valence-corrected chi connectivity index (χ3v) is 5.45. The normalized spacial score (nSPS) is 16.2. The van der Waals surface area contributed by atoms with Crippen molar-refractivity contribution >= 4 is 50.7 Å². The van der Waals surface area contributed by atoms with Crippen molar-refractivity contribution in [3.05, 3.63) is 52.4 Å². The van der Waals surface area contributed by atoms with Gasteiger partial charge in [0.15, 0.2) is 0 Å². The third-order valence-electron chi connectivity index (χ3n) is 3.20. The molecule has 1 aliphatic rings. The summed E-state index contributed by atoms with van der Waals surface area (Å²) in [5.41, 5.74) is 2.79. The smallest absolute Gasteiger partial charge is 0.244 e. The number of carbonyl (C=O) groups is 1. The fourth-order valence-corrected chi connectivity index (χ4v) is 4.19. The van der Waals surface area contributed by atoms with Gasteiger partial charge in [-0.3, -0.25) is 4.79 Å². The maximum atomic E-state index is 12.1. The minimum atomic E-state index is -0.0520. The lowest BCUT2D eigenvalue weighted by atomic mass is 10.2. The predicted molar refractivity (Wildman–Crippen MR) is 99.5 cm³/mol. The topological polar surface area (TPSA) is 47.2 Å². The van der Waals surface area contributed by atoms with E-state index in [2.05, 4.69) is 10.1 Å². The minimum absolute atomic E-state index is 0.0520. The van der Waals surface area contributed by atoms with Crippen LogP contribution in [0.3, 0.4) is 0 Å². The highest BCUT2D eigenvalue weighted by Gasteiger charge is 2.23. The van der Waals surface area contributed by atoms with Crippen molar-refractivity contribution in [3.8, 4) is 5.69 Å². The summed E-state index contributed by atoms with van der Waals surface area (Å²) >= 11 is 9.20. The summed E-state index contributed by atoms with van der Waals surface area (Å²) in [5, 5.41) is 4.90. The van der Waals surface area contributed by atoms with E-state index in [0.717, 1.165) is 27.1 Å². The van der Waals surface area contributed by atoms with E-state index in [0.29, 0.717) is 10.9 Å². The predicted octanol–water partition coefficient (Wildman–Crippen LogP) is 4.56. The standard InChI is InChI=1S/C16H14ClN3OS2/c1-3-22-16-18-13(15(21)23-16)9-12-10(2)19-20(14(12)17)11-7-5-4-6-8-11/h4-9H,3H2,1-2H3. The molecule has 0 spiro atoms. The summed E-state index contributed by atoms with van der Waals surface area (Å²) in [6, 6.07) is 9.65. The molecule has 0 N–H and O–H groups in total. The van der Waals surface area contributed by atoms with E-state index < -0.39 is 0 Å². The molecule has 3 rings (SSSR count). The van der Waals surface area contributed by atoms with Gasteiger partial charge in [-0.1, -0.05) is 48.5 Å². The number of rotatable bonds is 3. The van der Waals surface area contributed by atoms with Crippen molar-refractivity contribution in [2.75, 3.05) is 5.75 Å². The molecule has 0 radical (unpaired) electrons. The van der Waals surface area contributed by atoms with Crippen LogP contribution in [0.2, 0.25) is 5.15 Å². The molecule has 0 saturated carbocycles. The third kappa shape index (κ3) is 3.39. The molecule has 0 aliphatic carbocycles. The summed E-state index contributed by atoms with van der Waals surface area (Å²) in [4.78, 5) is 16.4. The highest BCUT2D eigenvalue weighted by molar-refractivity contribution is 8.45. The Kier molecular flexibility index (Phi) is 4.94. The number of hydrogen-bond acceptors (Lipinski definition) is 5. The number of benzene rings is 1. The summed E-state index contributed by atoms with van der Waals surface area (Å²) in [5.74, 6) is 0.887. The number of hydrogen-bond donors (Lipinski definition) is 0. The van der Waals surface area contributed by atoms with Crippen LogP contribution in [-0.2, 0) is 4.79 Å². The SMILES string of the molecule is CCSC1=NC(=Cc2c(C)nn(-c3ccccc3)c2Cl)C(=O)S1. The Balaban J connectivity index is 2.00. The zero-order valence-electron chi connectivity index (χ0n) is 12.6. The van der Waals surface area contributed by atoms with Gasteiger partial charge in [0, 0.05) is 5.56 Å². The molecule has 23 heavy (non-hydrogen) atoms. The van der Waals surface area contributed by atoms with Crippen LogP contribution in [0.1, 0.15) is 18.2 Å². The van der Waals surface area contributed by atoms with E-state index in [1.807, 2.05) is 44.2 Å². The second-order valence-corrected chi connectivity index (χ2v) is 7.60. The van der Waals surface area contributed by atoms with E-state index >= 15 is 0 Å². The van der Waals surface area contributed by atoms with Gasteiger partial charge in [-0.05, 0) is 42.6 Å². The Labute approximate surface area is 148 Å². The van der Waals surface area contributed by atoms with Gasteiger partial charge in [-0.2, -0.15) is 5.10 Å². The van der Waals surface area contributed by atoms with Crippen molar-refractivity contribution in [2.24, 2.45) is 4.99 Å². The summed E-state index contributed by atoms with van der Waals surface area (Å²) in [7, 11) is 0. The van der Waals surface area contributed by atoms with E-state index in [4.69, 9.17) is 11.6 Å². The number of aryl methyl sites for hydroxylation is 1. The molecule has 1 aliphatic heterocycles. The maximum absolute atomic E-state index is 12.1. The first-order valence-electron chi connectivity index (χ1n) is 7.06. The molecule has 1 aromatic carbocycles. The van der Waals surface area contributed by atoms with Crippen molar-refractivity contribution in [1.82, 2.24) is 9.78 Å². The summed E-state index contributed by atoms with van der Waals surface area (Å²) in [6.07, 6.45) is 1.72. The number of aromatic nitrogens is 2. The van der Waals surface area contributed by atoms with Crippen molar-refractivity contribution in [3.63, 3.8) is 0 Å². The lowest BCUT2D eigenvalue weighted by molar-refractivity contribution is -0.107. The summed E-state index contributed by atoms with van der Waals surface area (Å²) < 4.78 is 2.45. The van der Waals surface area contributed by atoms with Gasteiger partial charge in [-0.15, -0.1) is 0 Å². The number of aliphatic imine (C=N–C) groups is 1. The van der Waals surface area contributed by atoms with Gasteiger partial charge in [-0.25, -0.2) is 9.67 Å². The second-order valence-electron chi connectivity index (χ2n) is 4.77. The van der Waals surface area contributed by atoms with Crippen LogP contribution in [0.25, 0.3) is 11.8 Å². The molecular formula is C16H14ClN3OS2. The molecule has 4 nitrogen and oxygen atoms in total. The fraction of sp³-hybridized carbons (Fsp3) is 0.188. The van der Waals surface area contributed by atoms with Crippen LogP contribution in [0.5, 0.6) is 0 Å². The van der Waals surface area contributed by atoms with Crippen LogP contribution in [0, 0.1) is 6.92 Å². The highest BCUT2D eigenvalue weighted by Crippen LogP contribution is 2.33. The van der Waals surface area contributed by atoms with Crippen LogP contribution >= 0.6 is 35.1 Å². The first-order chi connectivity index (χ1) is 11.1. The highest BCUT2D eigenvalue weighted by atomic mass is 35.5. The van der Waals surface area contributed by atoms with Crippen molar-refractivity contribution < 1.29 is 4.79 Å². The average molecular weight is 364 g/mol. The Hall–Kier alpha value is -1.50. The molecule has 0 bridgehead atoms. The first kappa shape index (κ1) is 16.4. The van der Waals surface area contributed by atoms with E-state index in [1.54, 1.807) is 22.5 Å². The average Bonchev–Trinajstić information content (AvgIpc) is 3.03. The zero-order chi connectivity index (χ0) is 16.4. The molecule has 0 atom stereocenters. The second kappa shape index (κ2) is 6.95. The maximum Gasteiger partial charge on any atom is 0.244 e. The Morgan fingerprint density at radius 1 is 1.35 bits per heavy atom. The number of nitrogens with zero attached hydrogens (tertiary/aromatic N) is 3. The van der Waals surface area contributed by atoms with Crippen molar-refractivity contribution in [1.29, 1.82) is 0 Å².